The molecule has 0 amide bonds. The SMILES string of the molecule is CNc1cc(C)c(C2CCCCN2Cc2ccccc2)cn1. The van der Waals surface area contributed by atoms with E-state index < -0.39 is 0 Å². The molecule has 0 saturated carbocycles. The van der Waals surface area contributed by atoms with Gasteiger partial charge in [0.05, 0.1) is 0 Å². The van der Waals surface area contributed by atoms with Gasteiger partial charge in [-0.2, -0.15) is 0 Å². The number of likely N-dealkylation sites (tertiary alicyclic amines) is 1. The molecule has 0 aliphatic carbocycles. The lowest BCUT2D eigenvalue weighted by molar-refractivity contribution is 0.139. The lowest BCUT2D eigenvalue weighted by Gasteiger charge is -2.36. The van der Waals surface area contributed by atoms with Crippen molar-refractivity contribution in [1.82, 2.24) is 9.88 Å². The molecule has 1 N–H and O–H groups in total. The van der Waals surface area contributed by atoms with Crippen LogP contribution in [-0.2, 0) is 6.54 Å². The smallest absolute Gasteiger partial charge is 0.125 e. The maximum Gasteiger partial charge on any atom is 0.125 e. The zero-order chi connectivity index (χ0) is 15.4. The number of hydrogen-bond acceptors (Lipinski definition) is 3. The zero-order valence-electron chi connectivity index (χ0n) is 13.5. The first-order chi connectivity index (χ1) is 10.8. The van der Waals surface area contributed by atoms with E-state index in [1.165, 1.54) is 42.5 Å². The van der Waals surface area contributed by atoms with Gasteiger partial charge in [-0.05, 0) is 49.1 Å². The summed E-state index contributed by atoms with van der Waals surface area (Å²) in [6, 6.07) is 13.4. The second-order valence-corrected chi connectivity index (χ2v) is 6.14. The number of pyridine rings is 1. The monoisotopic (exact) mass is 295 g/mol. The second kappa shape index (κ2) is 6.93. The van der Waals surface area contributed by atoms with E-state index in [0.717, 1.165) is 12.4 Å². The molecule has 1 aliphatic rings. The summed E-state index contributed by atoms with van der Waals surface area (Å²) in [5.41, 5.74) is 4.12. The molecule has 3 heteroatoms. The summed E-state index contributed by atoms with van der Waals surface area (Å²) in [6.45, 7) is 4.40. The molecule has 2 aromatic rings. The van der Waals surface area contributed by atoms with Gasteiger partial charge in [-0.25, -0.2) is 4.98 Å². The molecule has 116 valence electrons. The Morgan fingerprint density at radius 1 is 1.23 bits per heavy atom. The van der Waals surface area contributed by atoms with Crippen molar-refractivity contribution in [3.05, 3.63) is 59.3 Å². The van der Waals surface area contributed by atoms with Crippen LogP contribution in [-0.4, -0.2) is 23.5 Å². The topological polar surface area (TPSA) is 28.2 Å². The van der Waals surface area contributed by atoms with E-state index in [1.807, 2.05) is 7.05 Å². The van der Waals surface area contributed by atoms with Crippen molar-refractivity contribution in [3.8, 4) is 0 Å². The maximum atomic E-state index is 4.54. The molecule has 1 aromatic carbocycles. The minimum Gasteiger partial charge on any atom is -0.373 e. The van der Waals surface area contributed by atoms with E-state index >= 15 is 0 Å². The van der Waals surface area contributed by atoms with E-state index in [0.29, 0.717) is 6.04 Å². The molecule has 3 rings (SSSR count). The van der Waals surface area contributed by atoms with Gasteiger partial charge in [0.15, 0.2) is 0 Å². The number of anilines is 1. The molecular weight excluding hydrogens is 270 g/mol. The molecule has 0 spiro atoms. The third-order valence-corrected chi connectivity index (χ3v) is 4.61. The molecule has 1 aromatic heterocycles. The molecule has 1 aliphatic heterocycles. The molecule has 3 nitrogen and oxygen atoms in total. The van der Waals surface area contributed by atoms with Crippen molar-refractivity contribution in [2.75, 3.05) is 18.9 Å². The fourth-order valence-corrected chi connectivity index (χ4v) is 3.40. The summed E-state index contributed by atoms with van der Waals surface area (Å²) in [7, 11) is 1.92. The first kappa shape index (κ1) is 15.0. The van der Waals surface area contributed by atoms with Gasteiger partial charge in [-0.15, -0.1) is 0 Å². The average Bonchev–Trinajstić information content (AvgIpc) is 2.56. The predicted molar refractivity (Wildman–Crippen MR) is 92.0 cm³/mol. The Morgan fingerprint density at radius 2 is 2.05 bits per heavy atom. The number of aromatic nitrogens is 1. The van der Waals surface area contributed by atoms with Gasteiger partial charge < -0.3 is 5.32 Å². The van der Waals surface area contributed by atoms with Gasteiger partial charge in [0.2, 0.25) is 0 Å². The van der Waals surface area contributed by atoms with Crippen LogP contribution in [0, 0.1) is 6.92 Å². The Kier molecular flexibility index (Phi) is 4.74. The highest BCUT2D eigenvalue weighted by Gasteiger charge is 2.25. The van der Waals surface area contributed by atoms with Crippen LogP contribution >= 0.6 is 0 Å². The van der Waals surface area contributed by atoms with Crippen molar-refractivity contribution in [2.45, 2.75) is 38.8 Å². The predicted octanol–water partition coefficient (Wildman–Crippen LogP) is 4.16. The van der Waals surface area contributed by atoms with E-state index in [2.05, 4.69) is 64.7 Å². The van der Waals surface area contributed by atoms with Crippen LogP contribution in [0.5, 0.6) is 0 Å². The average molecular weight is 295 g/mol. The molecule has 1 atom stereocenters. The summed E-state index contributed by atoms with van der Waals surface area (Å²) in [5.74, 6) is 0.951. The van der Waals surface area contributed by atoms with E-state index in [4.69, 9.17) is 0 Å². The zero-order valence-corrected chi connectivity index (χ0v) is 13.5. The standard InChI is InChI=1S/C19H25N3/c1-15-12-19(20-2)21-13-17(15)18-10-6-7-11-22(18)14-16-8-4-3-5-9-16/h3-5,8-9,12-13,18H,6-7,10-11,14H2,1-2H3,(H,20,21). The van der Waals surface area contributed by atoms with E-state index in [1.54, 1.807) is 0 Å². The van der Waals surface area contributed by atoms with Crippen molar-refractivity contribution >= 4 is 5.82 Å². The lowest BCUT2D eigenvalue weighted by Crippen LogP contribution is -2.33. The Labute approximate surface area is 133 Å². The fraction of sp³-hybridized carbons (Fsp3) is 0.421. The van der Waals surface area contributed by atoms with Crippen molar-refractivity contribution in [3.63, 3.8) is 0 Å². The maximum absolute atomic E-state index is 4.54. The first-order valence-corrected chi connectivity index (χ1v) is 8.20. The first-order valence-electron chi connectivity index (χ1n) is 8.20. The lowest BCUT2D eigenvalue weighted by atomic mass is 9.93. The third kappa shape index (κ3) is 3.30. The van der Waals surface area contributed by atoms with Crippen LogP contribution in [0.3, 0.4) is 0 Å². The van der Waals surface area contributed by atoms with Crippen LogP contribution in [0.25, 0.3) is 0 Å². The number of nitrogens with one attached hydrogen (secondary N) is 1. The van der Waals surface area contributed by atoms with Crippen LogP contribution < -0.4 is 5.32 Å². The highest BCUT2D eigenvalue weighted by molar-refractivity contribution is 5.41. The van der Waals surface area contributed by atoms with E-state index in [-0.39, 0.29) is 0 Å². The van der Waals surface area contributed by atoms with Crippen molar-refractivity contribution < 1.29 is 0 Å². The minimum atomic E-state index is 0.493. The van der Waals surface area contributed by atoms with Gasteiger partial charge >= 0.3 is 0 Å². The molecule has 22 heavy (non-hydrogen) atoms. The van der Waals surface area contributed by atoms with Gasteiger partial charge in [0.1, 0.15) is 5.82 Å². The number of aryl methyl sites for hydroxylation is 1. The van der Waals surface area contributed by atoms with Crippen molar-refractivity contribution in [2.24, 2.45) is 0 Å². The fourth-order valence-electron chi connectivity index (χ4n) is 3.40. The molecule has 1 saturated heterocycles. The number of nitrogens with zero attached hydrogens (tertiary/aromatic N) is 2. The molecule has 1 fully saturated rings. The van der Waals surface area contributed by atoms with Crippen LogP contribution in [0.2, 0.25) is 0 Å². The Hall–Kier alpha value is -1.87. The summed E-state index contributed by atoms with van der Waals surface area (Å²) in [4.78, 5) is 7.15. The number of piperidine rings is 1. The molecule has 0 bridgehead atoms. The van der Waals surface area contributed by atoms with Crippen LogP contribution in [0.4, 0.5) is 5.82 Å². The number of benzene rings is 1. The highest BCUT2D eigenvalue weighted by Crippen LogP contribution is 2.34. The van der Waals surface area contributed by atoms with E-state index in [9.17, 15) is 0 Å². The number of hydrogen-bond donors (Lipinski definition) is 1. The van der Waals surface area contributed by atoms with Gasteiger partial charge in [0.25, 0.3) is 0 Å². The third-order valence-electron chi connectivity index (χ3n) is 4.61. The van der Waals surface area contributed by atoms with Gasteiger partial charge in [-0.1, -0.05) is 36.8 Å². The minimum absolute atomic E-state index is 0.493. The largest absolute Gasteiger partial charge is 0.373 e. The summed E-state index contributed by atoms with van der Waals surface area (Å²) < 4.78 is 0. The normalized spacial score (nSPS) is 19.1. The molecule has 0 radical (unpaired) electrons. The molecular formula is C19H25N3. The Morgan fingerprint density at radius 3 is 2.77 bits per heavy atom. The quantitative estimate of drug-likeness (QED) is 0.918. The summed E-state index contributed by atoms with van der Waals surface area (Å²) in [6.07, 6.45) is 5.90. The highest BCUT2D eigenvalue weighted by atomic mass is 15.2. The molecule has 2 heterocycles. The Balaban J connectivity index is 1.83. The molecule has 1 unspecified atom stereocenters. The summed E-state index contributed by atoms with van der Waals surface area (Å²) in [5, 5.41) is 3.12. The second-order valence-electron chi connectivity index (χ2n) is 6.14. The van der Waals surface area contributed by atoms with Crippen LogP contribution in [0.1, 0.15) is 42.0 Å². The van der Waals surface area contributed by atoms with Gasteiger partial charge in [-0.3, -0.25) is 4.90 Å². The number of rotatable bonds is 4. The van der Waals surface area contributed by atoms with Gasteiger partial charge in [0, 0.05) is 25.8 Å². The summed E-state index contributed by atoms with van der Waals surface area (Å²) >= 11 is 0. The van der Waals surface area contributed by atoms with Crippen molar-refractivity contribution in [1.29, 1.82) is 0 Å². The Bertz CT molecular complexity index is 609. The van der Waals surface area contributed by atoms with Crippen LogP contribution in [0.15, 0.2) is 42.6 Å².